The average Bonchev–Trinajstić information content (AvgIpc) is 2.38. The summed E-state index contributed by atoms with van der Waals surface area (Å²) >= 11 is 0. The Kier molecular flexibility index (Phi) is 2.38. The van der Waals surface area contributed by atoms with E-state index in [2.05, 4.69) is 4.98 Å². The summed E-state index contributed by atoms with van der Waals surface area (Å²) < 4.78 is 0. The van der Waals surface area contributed by atoms with E-state index >= 15 is 0 Å². The summed E-state index contributed by atoms with van der Waals surface area (Å²) in [6.45, 7) is 1.36. The van der Waals surface area contributed by atoms with Crippen LogP contribution < -0.4 is 5.43 Å². The van der Waals surface area contributed by atoms with Crippen molar-refractivity contribution in [3.8, 4) is 5.75 Å². The third kappa shape index (κ3) is 1.61. The lowest BCUT2D eigenvalue weighted by atomic mass is 10.0. The Bertz CT molecular complexity index is 878. The maximum absolute atomic E-state index is 12.4. The standard InChI is InChI=1S/C15H11NO3/c1-8(17)9-6-7-12-13(14(9)18)15(19)10-4-2-3-5-11(10)16-12/h2-7,18H,1H3,(H,16,19). The number of carbonyl (C=O) groups is 1. The molecule has 94 valence electrons. The molecule has 0 atom stereocenters. The number of hydrogen-bond acceptors (Lipinski definition) is 3. The van der Waals surface area contributed by atoms with Gasteiger partial charge in [-0.3, -0.25) is 9.59 Å². The SMILES string of the molecule is CC(=O)c1ccc2[nH]c3ccccc3c(=O)c2c1O. The van der Waals surface area contributed by atoms with Crippen molar-refractivity contribution in [2.75, 3.05) is 0 Å². The highest BCUT2D eigenvalue weighted by atomic mass is 16.3. The largest absolute Gasteiger partial charge is 0.506 e. The number of aromatic nitrogens is 1. The molecular formula is C15H11NO3. The van der Waals surface area contributed by atoms with Crippen LogP contribution in [0.15, 0.2) is 41.2 Å². The monoisotopic (exact) mass is 253 g/mol. The molecule has 4 nitrogen and oxygen atoms in total. The van der Waals surface area contributed by atoms with Crippen LogP contribution in [0.5, 0.6) is 5.75 Å². The number of phenolic OH excluding ortho intramolecular Hbond substituents is 1. The number of H-pyrrole nitrogens is 1. The maximum atomic E-state index is 12.4. The first-order chi connectivity index (χ1) is 9.09. The van der Waals surface area contributed by atoms with Crippen LogP contribution in [0, 0.1) is 0 Å². The molecule has 0 saturated carbocycles. The molecule has 3 aromatic rings. The van der Waals surface area contributed by atoms with Crippen molar-refractivity contribution in [2.24, 2.45) is 0 Å². The lowest BCUT2D eigenvalue weighted by Gasteiger charge is -2.07. The van der Waals surface area contributed by atoms with E-state index < -0.39 is 0 Å². The smallest absolute Gasteiger partial charge is 0.200 e. The number of aromatic amines is 1. The van der Waals surface area contributed by atoms with Gasteiger partial charge in [0.25, 0.3) is 0 Å². The minimum Gasteiger partial charge on any atom is -0.506 e. The van der Waals surface area contributed by atoms with Crippen molar-refractivity contribution >= 4 is 27.6 Å². The van der Waals surface area contributed by atoms with Gasteiger partial charge in [-0.25, -0.2) is 0 Å². The molecule has 0 unspecified atom stereocenters. The highest BCUT2D eigenvalue weighted by Gasteiger charge is 2.14. The second kappa shape index (κ2) is 3.95. The summed E-state index contributed by atoms with van der Waals surface area (Å²) in [4.78, 5) is 26.9. The highest BCUT2D eigenvalue weighted by molar-refractivity contribution is 6.04. The maximum Gasteiger partial charge on any atom is 0.200 e. The van der Waals surface area contributed by atoms with Gasteiger partial charge in [0.1, 0.15) is 5.75 Å². The first kappa shape index (κ1) is 11.5. The molecule has 1 aromatic heterocycles. The third-order valence-electron chi connectivity index (χ3n) is 3.23. The van der Waals surface area contributed by atoms with E-state index in [4.69, 9.17) is 0 Å². The van der Waals surface area contributed by atoms with Crippen LogP contribution in [0.3, 0.4) is 0 Å². The number of rotatable bonds is 1. The number of aromatic hydroxyl groups is 1. The van der Waals surface area contributed by atoms with Crippen LogP contribution >= 0.6 is 0 Å². The Morgan fingerprint density at radius 2 is 1.84 bits per heavy atom. The number of phenols is 1. The average molecular weight is 253 g/mol. The minimum absolute atomic E-state index is 0.159. The number of nitrogens with one attached hydrogen (secondary N) is 1. The fraction of sp³-hybridized carbons (Fsp3) is 0.0667. The first-order valence-electron chi connectivity index (χ1n) is 5.87. The van der Waals surface area contributed by atoms with Crippen LogP contribution in [0.1, 0.15) is 17.3 Å². The number of Topliss-reactive ketones (excluding diaryl/α,β-unsaturated/α-hetero) is 1. The van der Waals surface area contributed by atoms with Crippen molar-refractivity contribution < 1.29 is 9.90 Å². The lowest BCUT2D eigenvalue weighted by Crippen LogP contribution is -2.06. The predicted octanol–water partition coefficient (Wildman–Crippen LogP) is 2.59. The van der Waals surface area contributed by atoms with Gasteiger partial charge < -0.3 is 10.1 Å². The number of pyridine rings is 1. The van der Waals surface area contributed by atoms with Crippen LogP contribution in [-0.4, -0.2) is 15.9 Å². The van der Waals surface area contributed by atoms with Gasteiger partial charge in [0.15, 0.2) is 5.78 Å². The minimum atomic E-state index is -0.273. The summed E-state index contributed by atoms with van der Waals surface area (Å²) in [5, 5.41) is 10.8. The van der Waals surface area contributed by atoms with Crippen molar-refractivity contribution in [1.29, 1.82) is 0 Å². The number of para-hydroxylation sites is 1. The first-order valence-corrected chi connectivity index (χ1v) is 5.87. The fourth-order valence-electron chi connectivity index (χ4n) is 2.28. The van der Waals surface area contributed by atoms with Crippen molar-refractivity contribution in [2.45, 2.75) is 6.92 Å². The van der Waals surface area contributed by atoms with Gasteiger partial charge in [0.05, 0.1) is 16.5 Å². The van der Waals surface area contributed by atoms with E-state index in [1.54, 1.807) is 24.3 Å². The second-order valence-electron chi connectivity index (χ2n) is 4.44. The Hall–Kier alpha value is -2.62. The van der Waals surface area contributed by atoms with E-state index in [1.807, 2.05) is 6.07 Å². The number of fused-ring (bicyclic) bond motifs is 2. The van der Waals surface area contributed by atoms with E-state index in [9.17, 15) is 14.7 Å². The summed E-state index contributed by atoms with van der Waals surface area (Å²) in [6, 6.07) is 10.2. The molecule has 3 rings (SSSR count). The summed E-state index contributed by atoms with van der Waals surface area (Å²) in [5.74, 6) is -0.524. The van der Waals surface area contributed by atoms with Gasteiger partial charge in [-0.1, -0.05) is 12.1 Å². The van der Waals surface area contributed by atoms with Crippen LogP contribution in [0.2, 0.25) is 0 Å². The Balaban J connectivity index is 2.57. The number of benzene rings is 2. The third-order valence-corrected chi connectivity index (χ3v) is 3.23. The van der Waals surface area contributed by atoms with Crippen molar-refractivity contribution in [3.63, 3.8) is 0 Å². The van der Waals surface area contributed by atoms with E-state index in [0.29, 0.717) is 16.4 Å². The number of hydrogen-bond donors (Lipinski definition) is 2. The van der Waals surface area contributed by atoms with Gasteiger partial charge in [-0.05, 0) is 31.2 Å². The summed E-state index contributed by atoms with van der Waals surface area (Å²) in [7, 11) is 0. The molecule has 0 amide bonds. The van der Waals surface area contributed by atoms with E-state index in [-0.39, 0.29) is 27.9 Å². The molecule has 4 heteroatoms. The number of carbonyl (C=O) groups excluding carboxylic acids is 1. The number of ketones is 1. The second-order valence-corrected chi connectivity index (χ2v) is 4.44. The molecule has 0 radical (unpaired) electrons. The molecular weight excluding hydrogens is 242 g/mol. The Labute approximate surface area is 108 Å². The predicted molar refractivity (Wildman–Crippen MR) is 73.7 cm³/mol. The van der Waals surface area contributed by atoms with Gasteiger partial charge >= 0.3 is 0 Å². The van der Waals surface area contributed by atoms with Crippen molar-refractivity contribution in [1.82, 2.24) is 4.98 Å². The molecule has 0 saturated heterocycles. The zero-order valence-electron chi connectivity index (χ0n) is 10.2. The van der Waals surface area contributed by atoms with E-state index in [0.717, 1.165) is 0 Å². The van der Waals surface area contributed by atoms with E-state index in [1.165, 1.54) is 13.0 Å². The summed E-state index contributed by atoms with van der Waals surface area (Å²) in [5.41, 5.74) is 1.11. The molecule has 0 aliphatic carbocycles. The van der Waals surface area contributed by atoms with Crippen molar-refractivity contribution in [3.05, 3.63) is 52.2 Å². The molecule has 0 spiro atoms. The zero-order valence-corrected chi connectivity index (χ0v) is 10.2. The molecule has 19 heavy (non-hydrogen) atoms. The Morgan fingerprint density at radius 1 is 1.11 bits per heavy atom. The fourth-order valence-corrected chi connectivity index (χ4v) is 2.28. The van der Waals surface area contributed by atoms with Crippen LogP contribution in [0.4, 0.5) is 0 Å². The molecule has 2 N–H and O–H groups in total. The summed E-state index contributed by atoms with van der Waals surface area (Å²) in [6.07, 6.45) is 0. The van der Waals surface area contributed by atoms with Gasteiger partial charge in [-0.2, -0.15) is 0 Å². The quantitative estimate of drug-likeness (QED) is 0.517. The normalized spacial score (nSPS) is 11.0. The molecule has 0 fully saturated rings. The van der Waals surface area contributed by atoms with Gasteiger partial charge in [0, 0.05) is 10.9 Å². The van der Waals surface area contributed by atoms with Crippen LogP contribution in [-0.2, 0) is 0 Å². The molecule has 1 heterocycles. The zero-order chi connectivity index (χ0) is 13.6. The van der Waals surface area contributed by atoms with Gasteiger partial charge in [-0.15, -0.1) is 0 Å². The lowest BCUT2D eigenvalue weighted by molar-refractivity contribution is 0.101. The Morgan fingerprint density at radius 3 is 2.58 bits per heavy atom. The molecule has 0 aliphatic rings. The van der Waals surface area contributed by atoms with Gasteiger partial charge in [0.2, 0.25) is 5.43 Å². The molecule has 2 aromatic carbocycles. The van der Waals surface area contributed by atoms with Crippen LogP contribution in [0.25, 0.3) is 21.8 Å². The highest BCUT2D eigenvalue weighted by Crippen LogP contribution is 2.27. The molecule has 0 aliphatic heterocycles. The topological polar surface area (TPSA) is 70.2 Å². The molecule has 0 bridgehead atoms.